The summed E-state index contributed by atoms with van der Waals surface area (Å²) in [7, 11) is 0. The molecule has 2 rings (SSSR count). The highest BCUT2D eigenvalue weighted by Crippen LogP contribution is 2.34. The second kappa shape index (κ2) is 9.33. The maximum Gasteiger partial charge on any atom is 0.418 e. The standard InChI is InChI=1S/C18H19F3N2O4/c19-18(20,21)13-7-4-9-22-15(13)16(25)14(24)8-10-23-17(26)27-11-12-5-2-1-3-6-12/h1-7,9,14,16,24-25H,8,10-11H2,(H,23,26). The lowest BCUT2D eigenvalue weighted by Crippen LogP contribution is -2.30. The lowest BCUT2D eigenvalue weighted by Gasteiger charge is -2.20. The van der Waals surface area contributed by atoms with Gasteiger partial charge in [-0.2, -0.15) is 13.2 Å². The number of benzene rings is 1. The Kier molecular flexibility index (Phi) is 7.14. The molecule has 0 aliphatic carbocycles. The monoisotopic (exact) mass is 384 g/mol. The smallest absolute Gasteiger partial charge is 0.418 e. The molecule has 1 heterocycles. The van der Waals surface area contributed by atoms with Crippen molar-refractivity contribution >= 4 is 6.09 Å². The number of hydrogen-bond donors (Lipinski definition) is 3. The fraction of sp³-hybridized carbons (Fsp3) is 0.333. The number of amides is 1. The average molecular weight is 384 g/mol. The van der Waals surface area contributed by atoms with Crippen LogP contribution in [0, 0.1) is 0 Å². The minimum atomic E-state index is -4.70. The summed E-state index contributed by atoms with van der Waals surface area (Å²) in [6, 6.07) is 10.8. The number of carbonyl (C=O) groups excluding carboxylic acids is 1. The van der Waals surface area contributed by atoms with Crippen LogP contribution in [0.5, 0.6) is 0 Å². The number of alkyl halides is 3. The molecule has 1 aromatic carbocycles. The lowest BCUT2D eigenvalue weighted by atomic mass is 10.0. The van der Waals surface area contributed by atoms with Crippen molar-refractivity contribution in [3.05, 3.63) is 65.5 Å². The molecule has 27 heavy (non-hydrogen) atoms. The highest BCUT2D eigenvalue weighted by molar-refractivity contribution is 5.67. The summed E-state index contributed by atoms with van der Waals surface area (Å²) in [5.74, 6) is 0. The summed E-state index contributed by atoms with van der Waals surface area (Å²) >= 11 is 0. The molecule has 0 radical (unpaired) electrons. The Labute approximate surface area is 153 Å². The minimum absolute atomic E-state index is 0.0563. The molecule has 146 valence electrons. The number of halogens is 3. The molecule has 0 saturated heterocycles. The van der Waals surface area contributed by atoms with Crippen LogP contribution in [0.15, 0.2) is 48.7 Å². The highest BCUT2D eigenvalue weighted by Gasteiger charge is 2.37. The molecule has 1 aromatic heterocycles. The zero-order valence-corrected chi connectivity index (χ0v) is 14.2. The van der Waals surface area contributed by atoms with Crippen LogP contribution in [0.2, 0.25) is 0 Å². The second-order valence-electron chi connectivity index (χ2n) is 5.72. The predicted octanol–water partition coefficient (Wildman–Crippen LogP) is 2.81. The third kappa shape index (κ3) is 6.22. The third-order valence-corrected chi connectivity index (χ3v) is 3.71. The van der Waals surface area contributed by atoms with Crippen molar-refractivity contribution in [2.45, 2.75) is 31.4 Å². The quantitative estimate of drug-likeness (QED) is 0.683. The SMILES string of the molecule is O=C(NCCC(O)C(O)c1ncccc1C(F)(F)F)OCc1ccccc1. The normalized spacial score (nSPS) is 13.7. The lowest BCUT2D eigenvalue weighted by molar-refractivity contribution is -0.140. The van der Waals surface area contributed by atoms with E-state index in [9.17, 15) is 28.2 Å². The van der Waals surface area contributed by atoms with E-state index in [1.165, 1.54) is 0 Å². The van der Waals surface area contributed by atoms with Crippen molar-refractivity contribution in [1.29, 1.82) is 0 Å². The van der Waals surface area contributed by atoms with Gasteiger partial charge in [0, 0.05) is 12.7 Å². The molecule has 0 spiro atoms. The number of aliphatic hydroxyl groups excluding tert-OH is 2. The van der Waals surface area contributed by atoms with Gasteiger partial charge in [0.05, 0.1) is 17.4 Å². The van der Waals surface area contributed by atoms with E-state index < -0.39 is 35.7 Å². The van der Waals surface area contributed by atoms with Crippen molar-refractivity contribution in [3.8, 4) is 0 Å². The molecule has 9 heteroatoms. The van der Waals surface area contributed by atoms with E-state index in [1.54, 1.807) is 24.3 Å². The minimum Gasteiger partial charge on any atom is -0.445 e. The second-order valence-corrected chi connectivity index (χ2v) is 5.72. The van der Waals surface area contributed by atoms with Crippen molar-refractivity contribution in [3.63, 3.8) is 0 Å². The first-order valence-electron chi connectivity index (χ1n) is 8.12. The zero-order chi connectivity index (χ0) is 19.9. The summed E-state index contributed by atoms with van der Waals surface area (Å²) in [5.41, 5.74) is -0.992. The molecule has 2 unspecified atom stereocenters. The van der Waals surface area contributed by atoms with E-state index in [0.717, 1.165) is 23.9 Å². The molecule has 6 nitrogen and oxygen atoms in total. The number of alkyl carbamates (subject to hydrolysis) is 1. The van der Waals surface area contributed by atoms with Gasteiger partial charge in [-0.15, -0.1) is 0 Å². The number of ether oxygens (including phenoxy) is 1. The van der Waals surface area contributed by atoms with Crippen LogP contribution in [0.3, 0.4) is 0 Å². The van der Waals surface area contributed by atoms with Gasteiger partial charge >= 0.3 is 12.3 Å². The summed E-state index contributed by atoms with van der Waals surface area (Å²) in [5, 5.41) is 22.3. The Hall–Kier alpha value is -2.65. The van der Waals surface area contributed by atoms with Gasteiger partial charge in [0.1, 0.15) is 12.7 Å². The van der Waals surface area contributed by atoms with E-state index in [1.807, 2.05) is 6.07 Å². The molecule has 0 aliphatic heterocycles. The Balaban J connectivity index is 1.82. The van der Waals surface area contributed by atoms with Gasteiger partial charge in [0.15, 0.2) is 0 Å². The number of hydrogen-bond acceptors (Lipinski definition) is 5. The fourth-order valence-corrected chi connectivity index (χ4v) is 2.33. The Morgan fingerprint density at radius 3 is 2.52 bits per heavy atom. The maximum atomic E-state index is 12.9. The predicted molar refractivity (Wildman–Crippen MR) is 89.5 cm³/mol. The van der Waals surface area contributed by atoms with Crippen LogP contribution in [-0.2, 0) is 17.5 Å². The average Bonchev–Trinajstić information content (AvgIpc) is 2.66. The largest absolute Gasteiger partial charge is 0.445 e. The molecule has 2 aromatic rings. The Morgan fingerprint density at radius 2 is 1.85 bits per heavy atom. The number of nitrogens with zero attached hydrogens (tertiary/aromatic N) is 1. The molecule has 0 fully saturated rings. The number of nitrogens with one attached hydrogen (secondary N) is 1. The maximum absolute atomic E-state index is 12.9. The van der Waals surface area contributed by atoms with E-state index in [-0.39, 0.29) is 19.6 Å². The summed E-state index contributed by atoms with van der Waals surface area (Å²) in [6.45, 7) is -0.0409. The molecule has 0 bridgehead atoms. The Morgan fingerprint density at radius 1 is 1.15 bits per heavy atom. The van der Waals surface area contributed by atoms with E-state index in [2.05, 4.69) is 10.3 Å². The summed E-state index contributed by atoms with van der Waals surface area (Å²) < 4.78 is 43.8. The van der Waals surface area contributed by atoms with Crippen LogP contribution >= 0.6 is 0 Å². The van der Waals surface area contributed by atoms with E-state index in [4.69, 9.17) is 4.74 Å². The van der Waals surface area contributed by atoms with Crippen molar-refractivity contribution < 1.29 is 32.9 Å². The van der Waals surface area contributed by atoms with Crippen molar-refractivity contribution in [1.82, 2.24) is 10.3 Å². The summed E-state index contributed by atoms with van der Waals surface area (Å²) in [6.07, 6.45) is -7.92. The summed E-state index contributed by atoms with van der Waals surface area (Å²) in [4.78, 5) is 15.1. The fourth-order valence-electron chi connectivity index (χ4n) is 2.33. The molecule has 3 N–H and O–H groups in total. The highest BCUT2D eigenvalue weighted by atomic mass is 19.4. The number of carbonyl (C=O) groups is 1. The van der Waals surface area contributed by atoms with Gasteiger partial charge < -0.3 is 20.3 Å². The van der Waals surface area contributed by atoms with Gasteiger partial charge in [-0.3, -0.25) is 4.98 Å². The molecular weight excluding hydrogens is 365 g/mol. The van der Waals surface area contributed by atoms with Gasteiger partial charge in [-0.25, -0.2) is 4.79 Å². The molecule has 0 aliphatic rings. The van der Waals surface area contributed by atoms with Crippen molar-refractivity contribution in [2.75, 3.05) is 6.54 Å². The number of rotatable bonds is 7. The zero-order valence-electron chi connectivity index (χ0n) is 14.2. The van der Waals surface area contributed by atoms with Gasteiger partial charge in [-0.1, -0.05) is 30.3 Å². The van der Waals surface area contributed by atoms with Gasteiger partial charge in [0.25, 0.3) is 0 Å². The van der Waals surface area contributed by atoms with Crippen LogP contribution in [0.1, 0.15) is 29.3 Å². The molecular formula is C18H19F3N2O4. The third-order valence-electron chi connectivity index (χ3n) is 3.71. The first-order chi connectivity index (χ1) is 12.8. The van der Waals surface area contributed by atoms with Crippen LogP contribution in [0.25, 0.3) is 0 Å². The Bertz CT molecular complexity index is 741. The van der Waals surface area contributed by atoms with Crippen LogP contribution in [-0.4, -0.2) is 33.9 Å². The molecule has 1 amide bonds. The topological polar surface area (TPSA) is 91.7 Å². The number of pyridine rings is 1. The first kappa shape index (κ1) is 20.7. The number of aliphatic hydroxyl groups is 2. The van der Waals surface area contributed by atoms with E-state index >= 15 is 0 Å². The molecule has 2 atom stereocenters. The molecule has 0 saturated carbocycles. The van der Waals surface area contributed by atoms with E-state index in [0.29, 0.717) is 0 Å². The van der Waals surface area contributed by atoms with Crippen LogP contribution in [0.4, 0.5) is 18.0 Å². The van der Waals surface area contributed by atoms with Crippen molar-refractivity contribution in [2.24, 2.45) is 0 Å². The van der Waals surface area contributed by atoms with Crippen LogP contribution < -0.4 is 5.32 Å². The first-order valence-corrected chi connectivity index (χ1v) is 8.12. The number of aromatic nitrogens is 1. The van der Waals surface area contributed by atoms with Gasteiger partial charge in [-0.05, 0) is 24.1 Å². The van der Waals surface area contributed by atoms with Gasteiger partial charge in [0.2, 0.25) is 0 Å².